The van der Waals surface area contributed by atoms with Crippen LogP contribution < -0.4 is 10.5 Å². The minimum atomic E-state index is 0.338. The fourth-order valence-corrected chi connectivity index (χ4v) is 1.64. The van der Waals surface area contributed by atoms with E-state index in [4.69, 9.17) is 10.5 Å². The molecule has 94 valence electrons. The first-order chi connectivity index (χ1) is 8.58. The molecule has 0 unspecified atom stereocenters. The zero-order valence-corrected chi connectivity index (χ0v) is 10.8. The van der Waals surface area contributed by atoms with Gasteiger partial charge in [-0.1, -0.05) is 26.0 Å². The Labute approximate surface area is 107 Å². The van der Waals surface area contributed by atoms with Gasteiger partial charge < -0.3 is 10.5 Å². The van der Waals surface area contributed by atoms with E-state index in [1.807, 2.05) is 31.2 Å². The van der Waals surface area contributed by atoms with Crippen LogP contribution in [0, 0.1) is 6.92 Å². The third-order valence-electron chi connectivity index (χ3n) is 2.70. The molecule has 18 heavy (non-hydrogen) atoms. The number of aromatic nitrogens is 2. The molecule has 0 atom stereocenters. The number of nitrogens with two attached hydrogens (primary N) is 1. The van der Waals surface area contributed by atoms with Crippen LogP contribution in [0.3, 0.4) is 0 Å². The molecule has 0 fully saturated rings. The summed E-state index contributed by atoms with van der Waals surface area (Å²) >= 11 is 0. The summed E-state index contributed by atoms with van der Waals surface area (Å²) in [5, 5.41) is 0. The molecule has 1 aromatic carbocycles. The van der Waals surface area contributed by atoms with Crippen molar-refractivity contribution in [2.24, 2.45) is 0 Å². The molecule has 0 radical (unpaired) electrons. The number of anilines is 1. The molecule has 0 spiro atoms. The van der Waals surface area contributed by atoms with Crippen LogP contribution in [0.2, 0.25) is 0 Å². The summed E-state index contributed by atoms with van der Waals surface area (Å²) in [6, 6.07) is 7.51. The Kier molecular flexibility index (Phi) is 3.46. The normalized spacial score (nSPS) is 10.7. The minimum Gasteiger partial charge on any atom is -0.436 e. The lowest BCUT2D eigenvalue weighted by molar-refractivity contribution is 0.458. The standard InChI is InChI=1S/C14H17N3O/c1-9(2)12-7-13(17-8-16-12)18-14-10(3)5-4-6-11(14)15/h4-9H,15H2,1-3H3. The van der Waals surface area contributed by atoms with E-state index >= 15 is 0 Å². The lowest BCUT2D eigenvalue weighted by Crippen LogP contribution is -1.98. The average Bonchev–Trinajstić information content (AvgIpc) is 2.34. The van der Waals surface area contributed by atoms with Gasteiger partial charge >= 0.3 is 0 Å². The quantitative estimate of drug-likeness (QED) is 0.840. The lowest BCUT2D eigenvalue weighted by atomic mass is 10.1. The second-order valence-electron chi connectivity index (χ2n) is 4.53. The summed E-state index contributed by atoms with van der Waals surface area (Å²) in [5.74, 6) is 1.52. The van der Waals surface area contributed by atoms with Crippen molar-refractivity contribution in [1.82, 2.24) is 9.97 Å². The van der Waals surface area contributed by atoms with Gasteiger partial charge in [-0.15, -0.1) is 0 Å². The van der Waals surface area contributed by atoms with Crippen LogP contribution in [0.4, 0.5) is 5.69 Å². The summed E-state index contributed by atoms with van der Waals surface area (Å²) in [5.41, 5.74) is 8.45. The first kappa shape index (κ1) is 12.4. The molecular weight excluding hydrogens is 226 g/mol. The zero-order valence-electron chi connectivity index (χ0n) is 10.8. The van der Waals surface area contributed by atoms with Crippen LogP contribution in [0.15, 0.2) is 30.6 Å². The molecule has 0 aliphatic carbocycles. The van der Waals surface area contributed by atoms with Gasteiger partial charge in [0.2, 0.25) is 5.88 Å². The van der Waals surface area contributed by atoms with Crippen LogP contribution in [-0.2, 0) is 0 Å². The van der Waals surface area contributed by atoms with Gasteiger partial charge in [0.1, 0.15) is 6.33 Å². The van der Waals surface area contributed by atoms with E-state index in [1.165, 1.54) is 6.33 Å². The Bertz CT molecular complexity index is 532. The van der Waals surface area contributed by atoms with Crippen molar-refractivity contribution >= 4 is 5.69 Å². The van der Waals surface area contributed by atoms with Gasteiger partial charge in [-0.3, -0.25) is 0 Å². The molecule has 0 aliphatic heterocycles. The monoisotopic (exact) mass is 243 g/mol. The van der Waals surface area contributed by atoms with Gasteiger partial charge in [0.05, 0.1) is 11.4 Å². The van der Waals surface area contributed by atoms with E-state index < -0.39 is 0 Å². The number of hydrogen-bond donors (Lipinski definition) is 1. The lowest BCUT2D eigenvalue weighted by Gasteiger charge is -2.11. The summed E-state index contributed by atoms with van der Waals surface area (Å²) < 4.78 is 5.75. The van der Waals surface area contributed by atoms with Crippen molar-refractivity contribution in [3.05, 3.63) is 41.9 Å². The first-order valence-corrected chi connectivity index (χ1v) is 5.93. The summed E-state index contributed by atoms with van der Waals surface area (Å²) in [6.45, 7) is 6.11. The van der Waals surface area contributed by atoms with Crippen molar-refractivity contribution in [2.75, 3.05) is 5.73 Å². The maximum Gasteiger partial charge on any atom is 0.222 e. The van der Waals surface area contributed by atoms with E-state index in [0.29, 0.717) is 23.2 Å². The van der Waals surface area contributed by atoms with E-state index in [0.717, 1.165) is 11.3 Å². The fraction of sp³-hybridized carbons (Fsp3) is 0.286. The minimum absolute atomic E-state index is 0.338. The number of ether oxygens (including phenoxy) is 1. The van der Waals surface area contributed by atoms with Crippen molar-refractivity contribution < 1.29 is 4.74 Å². The molecule has 2 N–H and O–H groups in total. The van der Waals surface area contributed by atoms with E-state index in [9.17, 15) is 0 Å². The maximum atomic E-state index is 5.90. The third-order valence-corrected chi connectivity index (χ3v) is 2.70. The number of para-hydroxylation sites is 1. The van der Waals surface area contributed by atoms with Crippen LogP contribution in [0.5, 0.6) is 11.6 Å². The Morgan fingerprint density at radius 1 is 1.22 bits per heavy atom. The van der Waals surface area contributed by atoms with Crippen molar-refractivity contribution in [3.63, 3.8) is 0 Å². The van der Waals surface area contributed by atoms with Crippen LogP contribution >= 0.6 is 0 Å². The van der Waals surface area contributed by atoms with Gasteiger partial charge in [-0.2, -0.15) is 0 Å². The summed E-state index contributed by atoms with van der Waals surface area (Å²) in [4.78, 5) is 8.31. The highest BCUT2D eigenvalue weighted by atomic mass is 16.5. The molecule has 2 rings (SSSR count). The van der Waals surface area contributed by atoms with Gasteiger partial charge in [0, 0.05) is 6.07 Å². The molecule has 4 heteroatoms. The van der Waals surface area contributed by atoms with Crippen molar-refractivity contribution in [2.45, 2.75) is 26.7 Å². The highest BCUT2D eigenvalue weighted by Gasteiger charge is 2.08. The predicted octanol–water partition coefficient (Wildman–Crippen LogP) is 3.28. The summed E-state index contributed by atoms with van der Waals surface area (Å²) in [6.07, 6.45) is 1.51. The highest BCUT2D eigenvalue weighted by molar-refractivity contribution is 5.57. The van der Waals surface area contributed by atoms with E-state index in [-0.39, 0.29) is 0 Å². The topological polar surface area (TPSA) is 61.0 Å². The molecular formula is C14H17N3O. The van der Waals surface area contributed by atoms with Crippen LogP contribution in [0.25, 0.3) is 0 Å². The highest BCUT2D eigenvalue weighted by Crippen LogP contribution is 2.30. The van der Waals surface area contributed by atoms with Gasteiger partial charge in [-0.05, 0) is 24.5 Å². The van der Waals surface area contributed by atoms with Gasteiger partial charge in [-0.25, -0.2) is 9.97 Å². The van der Waals surface area contributed by atoms with Crippen LogP contribution in [-0.4, -0.2) is 9.97 Å². The molecule has 1 aromatic heterocycles. The number of rotatable bonds is 3. The smallest absolute Gasteiger partial charge is 0.222 e. The Balaban J connectivity index is 2.31. The first-order valence-electron chi connectivity index (χ1n) is 5.93. The molecule has 2 aromatic rings. The average molecular weight is 243 g/mol. The van der Waals surface area contributed by atoms with Gasteiger partial charge in [0.15, 0.2) is 5.75 Å². The number of benzene rings is 1. The second-order valence-corrected chi connectivity index (χ2v) is 4.53. The molecule has 4 nitrogen and oxygen atoms in total. The Hall–Kier alpha value is -2.10. The van der Waals surface area contributed by atoms with Gasteiger partial charge in [0.25, 0.3) is 0 Å². The predicted molar refractivity (Wildman–Crippen MR) is 71.8 cm³/mol. The Morgan fingerprint density at radius 3 is 2.67 bits per heavy atom. The third kappa shape index (κ3) is 2.59. The molecule has 0 saturated heterocycles. The van der Waals surface area contributed by atoms with Crippen molar-refractivity contribution in [1.29, 1.82) is 0 Å². The van der Waals surface area contributed by atoms with E-state index in [2.05, 4.69) is 23.8 Å². The SMILES string of the molecule is Cc1cccc(N)c1Oc1cc(C(C)C)ncn1. The number of nitrogens with zero attached hydrogens (tertiary/aromatic N) is 2. The summed E-state index contributed by atoms with van der Waals surface area (Å²) in [7, 11) is 0. The number of hydrogen-bond acceptors (Lipinski definition) is 4. The number of aryl methyl sites for hydroxylation is 1. The molecule has 0 amide bonds. The molecule has 0 saturated carbocycles. The zero-order chi connectivity index (χ0) is 13.1. The largest absolute Gasteiger partial charge is 0.436 e. The van der Waals surface area contributed by atoms with Crippen molar-refractivity contribution in [3.8, 4) is 11.6 Å². The van der Waals surface area contributed by atoms with E-state index in [1.54, 1.807) is 0 Å². The molecule has 0 bridgehead atoms. The second kappa shape index (κ2) is 5.04. The number of nitrogen functional groups attached to an aromatic ring is 1. The Morgan fingerprint density at radius 2 is 2.00 bits per heavy atom. The molecule has 1 heterocycles. The maximum absolute atomic E-state index is 5.90. The molecule has 0 aliphatic rings. The van der Waals surface area contributed by atoms with Crippen LogP contribution in [0.1, 0.15) is 31.0 Å². The fourth-order valence-electron chi connectivity index (χ4n) is 1.64.